The van der Waals surface area contributed by atoms with E-state index in [1.165, 1.54) is 16.2 Å². The third-order valence-electron chi connectivity index (χ3n) is 20.6. The lowest BCUT2D eigenvalue weighted by molar-refractivity contribution is -0.137. The molecular formula is C86H44F3N5S4. The van der Waals surface area contributed by atoms with Crippen molar-refractivity contribution < 1.29 is 13.2 Å². The van der Waals surface area contributed by atoms with Gasteiger partial charge < -0.3 is 18.3 Å². The average molecular weight is 1330 g/mol. The monoisotopic (exact) mass is 1330 g/mol. The fraction of sp³-hybridized carbons (Fsp3) is 0.0116. The number of thiophene rings is 4. The van der Waals surface area contributed by atoms with Crippen molar-refractivity contribution in [2.24, 2.45) is 0 Å². The molecule has 0 fully saturated rings. The van der Waals surface area contributed by atoms with Crippen LogP contribution in [-0.2, 0) is 6.18 Å². The van der Waals surface area contributed by atoms with Gasteiger partial charge in [-0.1, -0.05) is 170 Å². The van der Waals surface area contributed by atoms with Gasteiger partial charge in [0.15, 0.2) is 0 Å². The van der Waals surface area contributed by atoms with Crippen LogP contribution in [0.25, 0.3) is 202 Å². The smallest absolute Gasteiger partial charge is 0.307 e. The first-order valence-corrected chi connectivity index (χ1v) is 35.7. The molecule has 0 N–H and O–H groups in total. The molecule has 0 radical (unpaired) electrons. The largest absolute Gasteiger partial charge is 0.417 e. The first-order valence-electron chi connectivity index (χ1n) is 32.4. The van der Waals surface area contributed by atoms with Gasteiger partial charge >= 0.3 is 6.18 Å². The normalized spacial score (nSPS) is 12.6. The second kappa shape index (κ2) is 19.8. The highest BCUT2D eigenvalue weighted by atomic mass is 32.1. The van der Waals surface area contributed by atoms with E-state index in [1.54, 1.807) is 51.4 Å². The van der Waals surface area contributed by atoms with E-state index in [-0.39, 0.29) is 16.7 Å². The summed E-state index contributed by atoms with van der Waals surface area (Å²) in [6, 6.07) is 93.8. The molecule has 12 heteroatoms. The zero-order chi connectivity index (χ0) is 64.6. The Morgan fingerprint density at radius 2 is 0.531 bits per heavy atom. The van der Waals surface area contributed by atoms with Gasteiger partial charge in [-0.15, -0.1) is 45.3 Å². The number of hydrogen-bond acceptors (Lipinski definition) is 5. The van der Waals surface area contributed by atoms with Crippen LogP contribution >= 0.6 is 45.3 Å². The van der Waals surface area contributed by atoms with Gasteiger partial charge in [0, 0.05) is 129 Å². The van der Waals surface area contributed by atoms with Crippen molar-refractivity contribution in [1.82, 2.24) is 18.3 Å². The predicted molar refractivity (Wildman–Crippen MR) is 411 cm³/mol. The minimum absolute atomic E-state index is 0.0905. The second-order valence-electron chi connectivity index (χ2n) is 25.5. The first kappa shape index (κ1) is 54.7. The number of nitriles is 1. The van der Waals surface area contributed by atoms with Gasteiger partial charge in [-0.2, -0.15) is 18.4 Å². The van der Waals surface area contributed by atoms with Crippen molar-refractivity contribution >= 4 is 213 Å². The summed E-state index contributed by atoms with van der Waals surface area (Å²) in [6.07, 6.45) is -4.95. The zero-order valence-corrected chi connectivity index (χ0v) is 54.7. The molecule has 5 nitrogen and oxygen atoms in total. The number of nitrogens with zero attached hydrogens (tertiary/aromatic N) is 5. The Morgan fingerprint density at radius 1 is 0.265 bits per heavy atom. The fourth-order valence-electron chi connectivity index (χ4n) is 16.6. The lowest BCUT2D eigenvalue weighted by Gasteiger charge is -2.24. The summed E-state index contributed by atoms with van der Waals surface area (Å²) < 4.78 is 70.5. The van der Waals surface area contributed by atoms with Gasteiger partial charge in [0.1, 0.15) is 0 Å². The molecule has 22 aromatic rings. The maximum Gasteiger partial charge on any atom is 0.417 e. The van der Waals surface area contributed by atoms with Crippen LogP contribution in [0.4, 0.5) is 13.2 Å². The number of rotatable bonds is 5. The Hall–Kier alpha value is -11.6. The SMILES string of the molecule is N#Cc1cc(-n2c3ccccc3c3c4sc5ccccc5c4ccc32)c(-n2c3ccccc3c3c4sc5ccccc5c4ccc32)cc1-c1cc(-n2c3ccccc3c3c4sc5ccccc5c4ccc32)c(-n2c3ccccc3c3c4sc5ccccc5c4ccc32)cc1C(F)(F)F. The van der Waals surface area contributed by atoms with E-state index in [0.717, 1.165) is 158 Å². The molecule has 0 bridgehead atoms. The minimum Gasteiger partial charge on any atom is -0.307 e. The van der Waals surface area contributed by atoms with Crippen LogP contribution in [0.5, 0.6) is 0 Å². The number of fused-ring (bicyclic) bond motifs is 28. The standard InChI is InChI=1S/C86H44F3N5S4/c87-86(88,89)61-44-73(94-65-28-12-4-24-58(65)81-69(94)40-36-54-50-20-8-16-32-77(50)98-85(54)81)72(93-64-27-11-3-23-57(64)80-68(93)39-35-53-49-19-7-15-31-76(49)97-84(53)80)43-60(61)59-42-71(92-63-26-10-2-22-56(63)79-67(92)38-34-52-48-18-6-14-30-75(48)96-83(52)79)70(41-46(59)45-90)91-62-25-9-1-21-55(62)78-66(91)37-33-51-47-17-5-13-29-74(47)95-82(51)78/h1-44H. The van der Waals surface area contributed by atoms with Crippen molar-refractivity contribution in [3.05, 3.63) is 278 Å². The first-order chi connectivity index (χ1) is 48.2. The Morgan fingerprint density at radius 3 is 0.837 bits per heavy atom. The van der Waals surface area contributed by atoms with Gasteiger partial charge in [0.05, 0.1) is 84.1 Å². The maximum atomic E-state index is 17.6. The van der Waals surface area contributed by atoms with Gasteiger partial charge in [0.25, 0.3) is 0 Å². The zero-order valence-electron chi connectivity index (χ0n) is 51.4. The van der Waals surface area contributed by atoms with Crippen LogP contribution in [0.2, 0.25) is 0 Å². The Bertz CT molecular complexity index is 7400. The fourth-order valence-corrected chi connectivity index (χ4v) is 21.7. The highest BCUT2D eigenvalue weighted by Gasteiger charge is 2.38. The quantitative estimate of drug-likeness (QED) is 0.169. The summed E-state index contributed by atoms with van der Waals surface area (Å²) in [4.78, 5) is 0. The van der Waals surface area contributed by atoms with Crippen molar-refractivity contribution in [1.29, 1.82) is 5.26 Å². The number of alkyl halides is 3. The molecule has 98 heavy (non-hydrogen) atoms. The summed E-state index contributed by atoms with van der Waals surface area (Å²) in [5, 5.41) is 29.3. The third kappa shape index (κ3) is 7.27. The Labute approximate surface area is 569 Å². The van der Waals surface area contributed by atoms with Crippen LogP contribution in [0.3, 0.4) is 0 Å². The molecule has 0 unspecified atom stereocenters. The van der Waals surface area contributed by atoms with Crippen LogP contribution < -0.4 is 0 Å². The van der Waals surface area contributed by atoms with Crippen LogP contribution in [0.1, 0.15) is 11.1 Å². The maximum absolute atomic E-state index is 17.6. The van der Waals surface area contributed by atoms with E-state index in [0.29, 0.717) is 22.7 Å². The predicted octanol–water partition coefficient (Wildman–Crippen LogP) is 26.1. The molecule has 8 heterocycles. The number of benzene rings is 14. The van der Waals surface area contributed by atoms with Gasteiger partial charge in [0.2, 0.25) is 0 Å². The molecule has 14 aromatic carbocycles. The summed E-state index contributed by atoms with van der Waals surface area (Å²) in [7, 11) is 0. The second-order valence-corrected chi connectivity index (χ2v) is 29.7. The molecule has 0 aliphatic rings. The van der Waals surface area contributed by atoms with E-state index in [4.69, 9.17) is 0 Å². The van der Waals surface area contributed by atoms with Crippen LogP contribution in [-0.4, -0.2) is 18.3 Å². The number of halogens is 3. The van der Waals surface area contributed by atoms with Gasteiger partial charge in [-0.3, -0.25) is 0 Å². The average Bonchev–Trinajstić information content (AvgIpc) is 1.55. The highest BCUT2D eigenvalue weighted by Crippen LogP contribution is 2.53. The molecule has 458 valence electrons. The van der Waals surface area contributed by atoms with Crippen LogP contribution in [0, 0.1) is 11.3 Å². The van der Waals surface area contributed by atoms with E-state index in [2.05, 4.69) is 225 Å². The van der Waals surface area contributed by atoms with Crippen molar-refractivity contribution in [3.8, 4) is 39.9 Å². The Balaban J connectivity index is 0.910. The molecule has 0 spiro atoms. The lowest BCUT2D eigenvalue weighted by atomic mass is 9.92. The van der Waals surface area contributed by atoms with Gasteiger partial charge in [-0.05, 0) is 103 Å². The topological polar surface area (TPSA) is 43.5 Å². The van der Waals surface area contributed by atoms with Gasteiger partial charge in [-0.25, -0.2) is 0 Å². The van der Waals surface area contributed by atoms with Crippen molar-refractivity contribution in [3.63, 3.8) is 0 Å². The third-order valence-corrected chi connectivity index (χ3v) is 25.4. The summed E-state index contributed by atoms with van der Waals surface area (Å²) in [6.45, 7) is 0. The van der Waals surface area contributed by atoms with E-state index < -0.39 is 11.7 Å². The number of aromatic nitrogens is 4. The molecule has 0 saturated carbocycles. The minimum atomic E-state index is -4.95. The molecule has 22 rings (SSSR count). The molecular weight excluding hydrogens is 1290 g/mol. The van der Waals surface area contributed by atoms with E-state index >= 15 is 13.2 Å². The number of hydrogen-bond donors (Lipinski definition) is 0. The molecule has 8 aromatic heterocycles. The molecule has 0 aliphatic heterocycles. The lowest BCUT2D eigenvalue weighted by Crippen LogP contribution is -2.13. The molecule has 0 amide bonds. The highest BCUT2D eigenvalue weighted by molar-refractivity contribution is 7.28. The van der Waals surface area contributed by atoms with E-state index in [9.17, 15) is 5.26 Å². The molecule has 0 saturated heterocycles. The summed E-state index contributed by atoms with van der Waals surface area (Å²) in [5.74, 6) is 0. The summed E-state index contributed by atoms with van der Waals surface area (Å²) in [5.41, 5.74) is 8.18. The van der Waals surface area contributed by atoms with Crippen LogP contribution in [0.15, 0.2) is 267 Å². The molecule has 0 atom stereocenters. The molecule has 0 aliphatic carbocycles. The summed E-state index contributed by atoms with van der Waals surface area (Å²) >= 11 is 6.95. The Kier molecular flexibility index (Phi) is 11.0. The van der Waals surface area contributed by atoms with E-state index in [1.807, 2.05) is 54.6 Å². The van der Waals surface area contributed by atoms with Crippen molar-refractivity contribution in [2.75, 3.05) is 0 Å². The van der Waals surface area contributed by atoms with Crippen molar-refractivity contribution in [2.45, 2.75) is 6.18 Å². The number of para-hydroxylation sites is 4.